The molecule has 1 aromatic heterocycles. The van der Waals surface area contributed by atoms with Crippen LogP contribution in [-0.4, -0.2) is 22.4 Å². The van der Waals surface area contributed by atoms with Crippen molar-refractivity contribution in [1.82, 2.24) is 15.1 Å². The molecule has 0 fully saturated rings. The number of nitrogens with zero attached hydrogens (tertiary/aromatic N) is 2. The van der Waals surface area contributed by atoms with Gasteiger partial charge in [0.1, 0.15) is 0 Å². The van der Waals surface area contributed by atoms with E-state index in [9.17, 15) is 4.79 Å². The lowest BCUT2D eigenvalue weighted by Gasteiger charge is -2.07. The van der Waals surface area contributed by atoms with Crippen LogP contribution in [0.3, 0.4) is 0 Å². The average molecular weight is 288 g/mol. The highest BCUT2D eigenvalue weighted by molar-refractivity contribution is 5.92. The van der Waals surface area contributed by atoms with Crippen LogP contribution >= 0.6 is 0 Å². The molecule has 5 nitrogen and oxygen atoms in total. The lowest BCUT2D eigenvalue weighted by atomic mass is 10.2. The molecule has 2 N–H and O–H groups in total. The predicted octanol–water partition coefficient (Wildman–Crippen LogP) is 3.93. The van der Waals surface area contributed by atoms with Gasteiger partial charge in [-0.3, -0.25) is 4.68 Å². The van der Waals surface area contributed by atoms with Crippen molar-refractivity contribution < 1.29 is 4.79 Å². The molecular weight excluding hydrogens is 264 g/mol. The van der Waals surface area contributed by atoms with E-state index >= 15 is 0 Å². The third-order valence-electron chi connectivity index (χ3n) is 3.37. The van der Waals surface area contributed by atoms with Gasteiger partial charge >= 0.3 is 6.03 Å². The molecule has 2 aromatic rings. The van der Waals surface area contributed by atoms with Crippen molar-refractivity contribution >= 4 is 22.6 Å². The molecule has 2 rings (SSSR count). The maximum absolute atomic E-state index is 11.8. The highest BCUT2D eigenvalue weighted by Gasteiger charge is 2.06. The smallest absolute Gasteiger partial charge is 0.319 e. The number of fused-ring (bicyclic) bond motifs is 1. The summed E-state index contributed by atoms with van der Waals surface area (Å²) in [4.78, 5) is 11.8. The third-order valence-corrected chi connectivity index (χ3v) is 3.37. The summed E-state index contributed by atoms with van der Waals surface area (Å²) >= 11 is 0. The lowest BCUT2D eigenvalue weighted by molar-refractivity contribution is 0.252. The van der Waals surface area contributed by atoms with Crippen molar-refractivity contribution in [3.05, 3.63) is 24.4 Å². The number of rotatable bonds is 6. The summed E-state index contributed by atoms with van der Waals surface area (Å²) in [5.41, 5.74) is 1.73. The van der Waals surface area contributed by atoms with E-state index < -0.39 is 0 Å². The number of carbonyl (C=O) groups excluding carboxylic acids is 1. The molecule has 2 amide bonds. The zero-order valence-electron chi connectivity index (χ0n) is 13.0. The molecule has 0 saturated heterocycles. The predicted molar refractivity (Wildman–Crippen MR) is 86.7 cm³/mol. The second kappa shape index (κ2) is 7.11. The molecule has 0 spiro atoms. The fraction of sp³-hybridized carbons (Fsp3) is 0.500. The second-order valence-electron chi connectivity index (χ2n) is 5.56. The lowest BCUT2D eigenvalue weighted by Crippen LogP contribution is -2.29. The molecule has 21 heavy (non-hydrogen) atoms. The number of amides is 2. The van der Waals surface area contributed by atoms with Crippen LogP contribution in [0, 0.1) is 0 Å². The number of nitrogens with one attached hydrogen (secondary N) is 2. The van der Waals surface area contributed by atoms with Crippen LogP contribution in [0.15, 0.2) is 24.4 Å². The van der Waals surface area contributed by atoms with Crippen molar-refractivity contribution in [2.45, 2.75) is 46.1 Å². The average Bonchev–Trinajstić information content (AvgIpc) is 2.87. The summed E-state index contributed by atoms with van der Waals surface area (Å²) in [5.74, 6) is 0. The quantitative estimate of drug-likeness (QED) is 0.791. The molecule has 0 aliphatic heterocycles. The van der Waals surface area contributed by atoms with Gasteiger partial charge in [-0.1, -0.05) is 19.8 Å². The van der Waals surface area contributed by atoms with E-state index in [1.807, 2.05) is 29.1 Å². The molecule has 0 saturated carbocycles. The van der Waals surface area contributed by atoms with Gasteiger partial charge in [-0.25, -0.2) is 4.79 Å². The molecule has 0 bridgehead atoms. The van der Waals surface area contributed by atoms with Gasteiger partial charge < -0.3 is 10.6 Å². The summed E-state index contributed by atoms with van der Waals surface area (Å²) in [7, 11) is 0. The summed E-state index contributed by atoms with van der Waals surface area (Å²) in [6.45, 7) is 7.05. The first-order valence-corrected chi connectivity index (χ1v) is 7.64. The Morgan fingerprint density at radius 2 is 2.14 bits per heavy atom. The number of benzene rings is 1. The van der Waals surface area contributed by atoms with Crippen molar-refractivity contribution in [3.8, 4) is 0 Å². The van der Waals surface area contributed by atoms with E-state index in [2.05, 4.69) is 36.5 Å². The van der Waals surface area contributed by atoms with Gasteiger partial charge in [0.2, 0.25) is 0 Å². The van der Waals surface area contributed by atoms with E-state index in [0.717, 1.165) is 35.9 Å². The topological polar surface area (TPSA) is 59.0 Å². The van der Waals surface area contributed by atoms with Crippen LogP contribution in [0.5, 0.6) is 0 Å². The van der Waals surface area contributed by atoms with E-state index in [4.69, 9.17) is 0 Å². The Bertz CT molecular complexity index is 603. The highest BCUT2D eigenvalue weighted by Crippen LogP contribution is 2.19. The van der Waals surface area contributed by atoms with Gasteiger partial charge in [0.15, 0.2) is 0 Å². The van der Waals surface area contributed by atoms with Gasteiger partial charge in [-0.2, -0.15) is 5.10 Å². The van der Waals surface area contributed by atoms with Gasteiger partial charge in [0.25, 0.3) is 0 Å². The molecule has 1 heterocycles. The highest BCUT2D eigenvalue weighted by atomic mass is 16.2. The van der Waals surface area contributed by atoms with Gasteiger partial charge in [-0.15, -0.1) is 0 Å². The Balaban J connectivity index is 1.97. The summed E-state index contributed by atoms with van der Waals surface area (Å²) in [5, 5.41) is 11.3. The normalized spacial score (nSPS) is 11.0. The molecule has 114 valence electrons. The second-order valence-corrected chi connectivity index (χ2v) is 5.56. The summed E-state index contributed by atoms with van der Waals surface area (Å²) in [6, 6.07) is 5.94. The Morgan fingerprint density at radius 1 is 1.33 bits per heavy atom. The number of hydrogen-bond acceptors (Lipinski definition) is 2. The number of urea groups is 1. The van der Waals surface area contributed by atoms with Crippen LogP contribution in [0.4, 0.5) is 10.5 Å². The summed E-state index contributed by atoms with van der Waals surface area (Å²) < 4.78 is 1.93. The molecular formula is C16H24N4O. The first kappa shape index (κ1) is 15.4. The number of hydrogen-bond donors (Lipinski definition) is 2. The minimum atomic E-state index is -0.151. The minimum absolute atomic E-state index is 0.151. The van der Waals surface area contributed by atoms with Crippen LogP contribution < -0.4 is 10.6 Å². The number of anilines is 1. The molecule has 0 atom stereocenters. The van der Waals surface area contributed by atoms with Crippen molar-refractivity contribution in [2.75, 3.05) is 11.9 Å². The maximum Gasteiger partial charge on any atom is 0.319 e. The van der Waals surface area contributed by atoms with Crippen molar-refractivity contribution in [1.29, 1.82) is 0 Å². The summed E-state index contributed by atoms with van der Waals surface area (Å²) in [6.07, 6.45) is 5.31. The Kier molecular flexibility index (Phi) is 5.20. The number of unbranched alkanes of at least 4 members (excludes halogenated alkanes) is 2. The molecule has 0 radical (unpaired) electrons. The Labute approximate surface area is 125 Å². The van der Waals surface area contributed by atoms with Gasteiger partial charge in [0, 0.05) is 29.9 Å². The molecule has 0 aliphatic carbocycles. The van der Waals surface area contributed by atoms with Crippen LogP contribution in [0.1, 0.15) is 46.1 Å². The van der Waals surface area contributed by atoms with Crippen molar-refractivity contribution in [2.24, 2.45) is 0 Å². The molecule has 0 unspecified atom stereocenters. The van der Waals surface area contributed by atoms with Crippen LogP contribution in [0.25, 0.3) is 10.9 Å². The standard InChI is InChI=1S/C16H24N4O/c1-4-5-6-9-17-16(21)18-14-7-8-15-13(10-14)11-20(19-15)12(2)3/h7-8,10-12H,4-6,9H2,1-3H3,(H2,17,18,21). The number of carbonyl (C=O) groups is 1. The largest absolute Gasteiger partial charge is 0.338 e. The Morgan fingerprint density at radius 3 is 2.86 bits per heavy atom. The van der Waals surface area contributed by atoms with Gasteiger partial charge in [-0.05, 0) is 38.5 Å². The van der Waals surface area contributed by atoms with E-state index in [-0.39, 0.29) is 6.03 Å². The fourth-order valence-electron chi connectivity index (χ4n) is 2.14. The minimum Gasteiger partial charge on any atom is -0.338 e. The zero-order valence-corrected chi connectivity index (χ0v) is 13.0. The fourth-order valence-corrected chi connectivity index (χ4v) is 2.14. The third kappa shape index (κ3) is 4.21. The zero-order chi connectivity index (χ0) is 15.2. The van der Waals surface area contributed by atoms with E-state index in [1.165, 1.54) is 0 Å². The first-order chi connectivity index (χ1) is 10.1. The van der Waals surface area contributed by atoms with Crippen molar-refractivity contribution in [3.63, 3.8) is 0 Å². The van der Waals surface area contributed by atoms with Crippen LogP contribution in [-0.2, 0) is 0 Å². The Hall–Kier alpha value is -2.04. The van der Waals surface area contributed by atoms with Gasteiger partial charge in [0.05, 0.1) is 5.52 Å². The number of aromatic nitrogens is 2. The van der Waals surface area contributed by atoms with E-state index in [1.54, 1.807) is 0 Å². The SMILES string of the molecule is CCCCCNC(=O)Nc1ccc2nn(C(C)C)cc2c1. The molecule has 0 aliphatic rings. The first-order valence-electron chi connectivity index (χ1n) is 7.64. The monoisotopic (exact) mass is 288 g/mol. The molecule has 1 aromatic carbocycles. The van der Waals surface area contributed by atoms with E-state index in [0.29, 0.717) is 12.6 Å². The molecule has 5 heteroatoms. The van der Waals surface area contributed by atoms with Crippen LogP contribution in [0.2, 0.25) is 0 Å². The maximum atomic E-state index is 11.8.